The van der Waals surface area contributed by atoms with Gasteiger partial charge in [-0.15, -0.1) is 0 Å². The predicted molar refractivity (Wildman–Crippen MR) is 75.2 cm³/mol. The molecule has 1 rings (SSSR count). The first-order valence-corrected chi connectivity index (χ1v) is 6.71. The highest BCUT2D eigenvalue weighted by atomic mass is 14.9. The van der Waals surface area contributed by atoms with Crippen LogP contribution in [0.3, 0.4) is 0 Å². The SMILES string of the molecule is CCNCCNCc1ccc(CC(C)C)cc1. The van der Waals surface area contributed by atoms with E-state index in [0.717, 1.165) is 32.1 Å². The van der Waals surface area contributed by atoms with Crippen LogP contribution in [0.2, 0.25) is 0 Å². The van der Waals surface area contributed by atoms with Crippen LogP contribution >= 0.6 is 0 Å². The Bertz CT molecular complexity index is 290. The third-order valence-electron chi connectivity index (χ3n) is 2.72. The van der Waals surface area contributed by atoms with Gasteiger partial charge in [-0.25, -0.2) is 0 Å². The van der Waals surface area contributed by atoms with Gasteiger partial charge in [-0.1, -0.05) is 45.0 Å². The molecule has 17 heavy (non-hydrogen) atoms. The van der Waals surface area contributed by atoms with Crippen molar-refractivity contribution in [2.24, 2.45) is 5.92 Å². The Balaban J connectivity index is 2.25. The van der Waals surface area contributed by atoms with Crippen molar-refractivity contribution in [3.63, 3.8) is 0 Å². The molecule has 0 radical (unpaired) electrons. The Morgan fingerprint density at radius 1 is 0.941 bits per heavy atom. The van der Waals surface area contributed by atoms with Gasteiger partial charge in [-0.05, 0) is 30.0 Å². The molecule has 0 aromatic heterocycles. The van der Waals surface area contributed by atoms with Crippen LogP contribution < -0.4 is 10.6 Å². The molecule has 96 valence electrons. The number of hydrogen-bond acceptors (Lipinski definition) is 2. The zero-order chi connectivity index (χ0) is 12.5. The van der Waals surface area contributed by atoms with E-state index in [1.807, 2.05) is 0 Å². The lowest BCUT2D eigenvalue weighted by Gasteiger charge is -2.08. The van der Waals surface area contributed by atoms with Crippen LogP contribution in [0.25, 0.3) is 0 Å². The zero-order valence-corrected chi connectivity index (χ0v) is 11.4. The maximum Gasteiger partial charge on any atom is 0.0206 e. The highest BCUT2D eigenvalue weighted by molar-refractivity contribution is 5.22. The third kappa shape index (κ3) is 6.44. The maximum absolute atomic E-state index is 3.43. The van der Waals surface area contributed by atoms with Crippen molar-refractivity contribution >= 4 is 0 Å². The molecule has 0 fully saturated rings. The van der Waals surface area contributed by atoms with Crippen molar-refractivity contribution in [3.05, 3.63) is 35.4 Å². The van der Waals surface area contributed by atoms with Crippen LogP contribution in [-0.4, -0.2) is 19.6 Å². The lowest BCUT2D eigenvalue weighted by Crippen LogP contribution is -2.26. The van der Waals surface area contributed by atoms with Crippen molar-refractivity contribution in [1.82, 2.24) is 10.6 Å². The van der Waals surface area contributed by atoms with E-state index in [2.05, 4.69) is 55.7 Å². The summed E-state index contributed by atoms with van der Waals surface area (Å²) in [6.07, 6.45) is 1.17. The topological polar surface area (TPSA) is 24.1 Å². The molecule has 0 aliphatic heterocycles. The molecule has 0 unspecified atom stereocenters. The van der Waals surface area contributed by atoms with Crippen LogP contribution in [0, 0.1) is 5.92 Å². The molecule has 0 amide bonds. The molecule has 2 heteroatoms. The van der Waals surface area contributed by atoms with Crippen LogP contribution in [0.15, 0.2) is 24.3 Å². The van der Waals surface area contributed by atoms with E-state index in [-0.39, 0.29) is 0 Å². The molecule has 2 nitrogen and oxygen atoms in total. The molecule has 0 aliphatic carbocycles. The maximum atomic E-state index is 3.43. The zero-order valence-electron chi connectivity index (χ0n) is 11.4. The van der Waals surface area contributed by atoms with Gasteiger partial charge >= 0.3 is 0 Å². The largest absolute Gasteiger partial charge is 0.316 e. The van der Waals surface area contributed by atoms with Crippen LogP contribution in [0.4, 0.5) is 0 Å². The van der Waals surface area contributed by atoms with Crippen LogP contribution in [0.5, 0.6) is 0 Å². The first-order chi connectivity index (χ1) is 8.22. The molecule has 0 atom stereocenters. The average Bonchev–Trinajstić information content (AvgIpc) is 2.30. The summed E-state index contributed by atoms with van der Waals surface area (Å²) in [5.74, 6) is 0.735. The lowest BCUT2D eigenvalue weighted by molar-refractivity contribution is 0.624. The van der Waals surface area contributed by atoms with Crippen LogP contribution in [-0.2, 0) is 13.0 Å². The van der Waals surface area contributed by atoms with E-state index >= 15 is 0 Å². The van der Waals surface area contributed by atoms with Gasteiger partial charge in [0.25, 0.3) is 0 Å². The van der Waals surface area contributed by atoms with E-state index in [1.165, 1.54) is 17.5 Å². The summed E-state index contributed by atoms with van der Waals surface area (Å²) in [6, 6.07) is 8.97. The van der Waals surface area contributed by atoms with Gasteiger partial charge < -0.3 is 10.6 Å². The second-order valence-corrected chi connectivity index (χ2v) is 4.94. The smallest absolute Gasteiger partial charge is 0.0206 e. The highest BCUT2D eigenvalue weighted by Gasteiger charge is 1.98. The number of benzene rings is 1. The minimum atomic E-state index is 0.735. The number of hydrogen-bond donors (Lipinski definition) is 2. The molecule has 0 bridgehead atoms. The first kappa shape index (κ1) is 14.2. The van der Waals surface area contributed by atoms with Crippen molar-refractivity contribution in [2.45, 2.75) is 33.7 Å². The first-order valence-electron chi connectivity index (χ1n) is 6.71. The Hall–Kier alpha value is -0.860. The Labute approximate surface area is 106 Å². The molecule has 1 aromatic rings. The predicted octanol–water partition coefficient (Wildman–Crippen LogP) is 2.58. The molecule has 0 saturated heterocycles. The fraction of sp³-hybridized carbons (Fsp3) is 0.600. The molecule has 2 N–H and O–H groups in total. The second kappa shape index (κ2) is 8.26. The van der Waals surface area contributed by atoms with Gasteiger partial charge in [0.15, 0.2) is 0 Å². The van der Waals surface area contributed by atoms with Crippen molar-refractivity contribution in [2.75, 3.05) is 19.6 Å². The van der Waals surface area contributed by atoms with E-state index in [1.54, 1.807) is 0 Å². The van der Waals surface area contributed by atoms with Crippen molar-refractivity contribution in [3.8, 4) is 0 Å². The fourth-order valence-corrected chi connectivity index (χ4v) is 1.85. The second-order valence-electron chi connectivity index (χ2n) is 4.94. The Morgan fingerprint density at radius 2 is 1.53 bits per heavy atom. The quantitative estimate of drug-likeness (QED) is 0.676. The summed E-state index contributed by atoms with van der Waals surface area (Å²) in [5.41, 5.74) is 2.81. The van der Waals surface area contributed by atoms with E-state index in [4.69, 9.17) is 0 Å². The lowest BCUT2D eigenvalue weighted by atomic mass is 10.0. The van der Waals surface area contributed by atoms with Crippen molar-refractivity contribution in [1.29, 1.82) is 0 Å². The molecule has 0 aliphatic rings. The van der Waals surface area contributed by atoms with Gasteiger partial charge in [-0.2, -0.15) is 0 Å². The van der Waals surface area contributed by atoms with Gasteiger partial charge in [0.2, 0.25) is 0 Å². The van der Waals surface area contributed by atoms with Gasteiger partial charge in [0.05, 0.1) is 0 Å². The molecule has 0 heterocycles. The van der Waals surface area contributed by atoms with E-state index < -0.39 is 0 Å². The summed E-state index contributed by atoms with van der Waals surface area (Å²) in [6.45, 7) is 10.7. The van der Waals surface area contributed by atoms with Gasteiger partial charge in [0.1, 0.15) is 0 Å². The van der Waals surface area contributed by atoms with E-state index in [9.17, 15) is 0 Å². The molecule has 1 aromatic carbocycles. The minimum Gasteiger partial charge on any atom is -0.316 e. The van der Waals surface area contributed by atoms with Gasteiger partial charge in [0, 0.05) is 19.6 Å². The summed E-state index contributed by atoms with van der Waals surface area (Å²) in [4.78, 5) is 0. The fourth-order valence-electron chi connectivity index (χ4n) is 1.85. The molecule has 0 spiro atoms. The number of nitrogens with one attached hydrogen (secondary N) is 2. The van der Waals surface area contributed by atoms with Crippen LogP contribution in [0.1, 0.15) is 31.9 Å². The standard InChI is InChI=1S/C15H26N2/c1-4-16-9-10-17-12-15-7-5-14(6-8-15)11-13(2)3/h5-8,13,16-17H,4,9-12H2,1-3H3. The number of likely N-dealkylation sites (N-methyl/N-ethyl adjacent to an activating group) is 1. The molecular formula is C15H26N2. The number of rotatable bonds is 8. The summed E-state index contributed by atoms with van der Waals surface area (Å²) in [5, 5.41) is 6.74. The van der Waals surface area contributed by atoms with Crippen molar-refractivity contribution < 1.29 is 0 Å². The monoisotopic (exact) mass is 234 g/mol. The normalized spacial score (nSPS) is 11.1. The summed E-state index contributed by atoms with van der Waals surface area (Å²) < 4.78 is 0. The highest BCUT2D eigenvalue weighted by Crippen LogP contribution is 2.09. The average molecular weight is 234 g/mol. The summed E-state index contributed by atoms with van der Waals surface area (Å²) >= 11 is 0. The Kier molecular flexibility index (Phi) is 6.90. The summed E-state index contributed by atoms with van der Waals surface area (Å²) in [7, 11) is 0. The third-order valence-corrected chi connectivity index (χ3v) is 2.72. The molecular weight excluding hydrogens is 208 g/mol. The minimum absolute atomic E-state index is 0.735. The Morgan fingerprint density at radius 3 is 2.12 bits per heavy atom. The van der Waals surface area contributed by atoms with Gasteiger partial charge in [-0.3, -0.25) is 0 Å². The van der Waals surface area contributed by atoms with E-state index in [0.29, 0.717) is 0 Å². The molecule has 0 saturated carbocycles.